The van der Waals surface area contributed by atoms with Crippen molar-refractivity contribution in [2.24, 2.45) is 15.9 Å². The first kappa shape index (κ1) is 16.2. The quantitative estimate of drug-likeness (QED) is 0.907. The van der Waals surface area contributed by atoms with Crippen molar-refractivity contribution in [3.63, 3.8) is 0 Å². The van der Waals surface area contributed by atoms with Crippen LogP contribution in [0.25, 0.3) is 0 Å². The molecule has 1 atom stereocenters. The Morgan fingerprint density at radius 3 is 3.04 bits per heavy atom. The zero-order valence-electron chi connectivity index (χ0n) is 12.4. The van der Waals surface area contributed by atoms with Crippen molar-refractivity contribution in [1.29, 1.82) is 0 Å². The molecule has 5 nitrogen and oxygen atoms in total. The zero-order valence-corrected chi connectivity index (χ0v) is 14.0. The normalized spacial score (nSPS) is 20.4. The largest absolute Gasteiger partial charge is 0.325 e. The van der Waals surface area contributed by atoms with Crippen LogP contribution >= 0.6 is 23.4 Å². The third-order valence-electron chi connectivity index (χ3n) is 3.76. The molecule has 1 saturated carbocycles. The number of rotatable bonds is 3. The molecule has 0 radical (unpaired) electrons. The Balaban J connectivity index is 1.57. The topological polar surface area (TPSA) is 70.9 Å². The van der Waals surface area contributed by atoms with E-state index in [1.165, 1.54) is 11.8 Å². The lowest BCUT2D eigenvalue weighted by Crippen LogP contribution is -2.30. The first-order valence-corrected chi connectivity index (χ1v) is 8.86. The van der Waals surface area contributed by atoms with Crippen LogP contribution < -0.4 is 5.32 Å². The highest BCUT2D eigenvalue weighted by atomic mass is 35.5. The van der Waals surface area contributed by atoms with Crippen molar-refractivity contribution in [3.05, 3.63) is 29.3 Å². The fourth-order valence-electron chi connectivity index (χ4n) is 2.67. The number of fused-ring (bicyclic) bond motifs is 1. The summed E-state index contributed by atoms with van der Waals surface area (Å²) in [6, 6.07) is 6.96. The number of hydrogen-bond acceptors (Lipinski definition) is 4. The van der Waals surface area contributed by atoms with Gasteiger partial charge in [0, 0.05) is 16.4 Å². The Kier molecular flexibility index (Phi) is 5.13. The van der Waals surface area contributed by atoms with Gasteiger partial charge in [0.1, 0.15) is 0 Å². The maximum atomic E-state index is 12.0. The molecular weight excluding hydrogens is 334 g/mol. The van der Waals surface area contributed by atoms with Gasteiger partial charge < -0.3 is 5.32 Å². The number of halogens is 1. The lowest BCUT2D eigenvalue weighted by molar-refractivity contribution is -0.120. The van der Waals surface area contributed by atoms with Crippen LogP contribution in [0.3, 0.4) is 0 Å². The number of thioether (sulfide) groups is 1. The molecule has 0 bridgehead atoms. The van der Waals surface area contributed by atoms with E-state index in [9.17, 15) is 9.59 Å². The van der Waals surface area contributed by atoms with Crippen LogP contribution in [-0.4, -0.2) is 28.4 Å². The minimum absolute atomic E-state index is 0.118. The van der Waals surface area contributed by atoms with Crippen LogP contribution in [0.4, 0.5) is 5.69 Å². The summed E-state index contributed by atoms with van der Waals surface area (Å²) in [6.07, 6.45) is 3.81. The molecule has 1 aromatic carbocycles. The van der Waals surface area contributed by atoms with Gasteiger partial charge in [0.15, 0.2) is 5.17 Å². The van der Waals surface area contributed by atoms with Gasteiger partial charge in [-0.3, -0.25) is 9.59 Å². The molecule has 3 rings (SSSR count). The van der Waals surface area contributed by atoms with Crippen LogP contribution in [0.1, 0.15) is 25.7 Å². The molecule has 1 aliphatic carbocycles. The summed E-state index contributed by atoms with van der Waals surface area (Å²) >= 11 is 7.06. The standard InChI is InChI=1S/C16H16ClN3O2S/c17-10-4-3-5-11(8-10)18-14(21)9-23-16-19-13-7-2-1-6-12(13)15(22)20-16/h3-5,8,12H,1-2,6-7,9H2,(H,18,21). The molecule has 0 spiro atoms. The third kappa shape index (κ3) is 4.20. The summed E-state index contributed by atoms with van der Waals surface area (Å²) in [6.45, 7) is 0. The average molecular weight is 350 g/mol. The number of anilines is 1. The number of aliphatic imine (C=N–C) groups is 2. The summed E-state index contributed by atoms with van der Waals surface area (Å²) in [4.78, 5) is 32.4. The van der Waals surface area contributed by atoms with E-state index in [4.69, 9.17) is 11.6 Å². The Bertz CT molecular complexity index is 702. The fraction of sp³-hybridized carbons (Fsp3) is 0.375. The third-order valence-corrected chi connectivity index (χ3v) is 4.84. The minimum Gasteiger partial charge on any atom is -0.325 e. The van der Waals surface area contributed by atoms with Crippen molar-refractivity contribution in [3.8, 4) is 0 Å². The van der Waals surface area contributed by atoms with Crippen molar-refractivity contribution >= 4 is 51.7 Å². The highest BCUT2D eigenvalue weighted by Crippen LogP contribution is 2.27. The van der Waals surface area contributed by atoms with Crippen LogP contribution in [0.5, 0.6) is 0 Å². The summed E-state index contributed by atoms with van der Waals surface area (Å²) in [5.74, 6) is -0.278. The van der Waals surface area contributed by atoms with Gasteiger partial charge in [0.25, 0.3) is 5.91 Å². The van der Waals surface area contributed by atoms with E-state index < -0.39 is 0 Å². The SMILES string of the molecule is O=C(CSC1=NC(=O)C2CCCCC2=N1)Nc1cccc(Cl)c1. The molecule has 0 aromatic heterocycles. The van der Waals surface area contributed by atoms with E-state index in [0.29, 0.717) is 15.9 Å². The molecule has 1 N–H and O–H groups in total. The first-order chi connectivity index (χ1) is 11.1. The Labute approximate surface area is 143 Å². The van der Waals surface area contributed by atoms with Gasteiger partial charge in [-0.25, -0.2) is 4.99 Å². The van der Waals surface area contributed by atoms with E-state index in [1.54, 1.807) is 24.3 Å². The summed E-state index contributed by atoms with van der Waals surface area (Å²) < 4.78 is 0. The molecule has 2 aliphatic rings. The molecule has 23 heavy (non-hydrogen) atoms. The molecule has 1 fully saturated rings. The Morgan fingerprint density at radius 1 is 1.35 bits per heavy atom. The highest BCUT2D eigenvalue weighted by Gasteiger charge is 2.30. The smallest absolute Gasteiger partial charge is 0.256 e. The van der Waals surface area contributed by atoms with Crippen LogP contribution in [0.2, 0.25) is 5.02 Å². The number of nitrogens with zero attached hydrogens (tertiary/aromatic N) is 2. The summed E-state index contributed by atoms with van der Waals surface area (Å²) in [5, 5.41) is 3.71. The number of benzene rings is 1. The number of nitrogens with one attached hydrogen (secondary N) is 1. The van der Waals surface area contributed by atoms with E-state index in [0.717, 1.165) is 31.4 Å². The Morgan fingerprint density at radius 2 is 2.22 bits per heavy atom. The molecule has 0 saturated heterocycles. The predicted molar refractivity (Wildman–Crippen MR) is 94.4 cm³/mol. The van der Waals surface area contributed by atoms with Gasteiger partial charge in [-0.1, -0.05) is 35.9 Å². The second-order valence-electron chi connectivity index (χ2n) is 5.48. The predicted octanol–water partition coefficient (Wildman–Crippen LogP) is 3.54. The molecular formula is C16H16ClN3O2S. The van der Waals surface area contributed by atoms with Crippen LogP contribution in [0, 0.1) is 5.92 Å². The van der Waals surface area contributed by atoms with E-state index in [1.807, 2.05) is 0 Å². The van der Waals surface area contributed by atoms with Crippen LogP contribution in [-0.2, 0) is 9.59 Å². The highest BCUT2D eigenvalue weighted by molar-refractivity contribution is 8.14. The lowest BCUT2D eigenvalue weighted by atomic mass is 9.86. The molecule has 1 aromatic rings. The number of carbonyl (C=O) groups excluding carboxylic acids is 2. The van der Waals surface area contributed by atoms with Crippen molar-refractivity contribution in [2.75, 3.05) is 11.1 Å². The summed E-state index contributed by atoms with van der Waals surface area (Å²) in [7, 11) is 0. The maximum Gasteiger partial charge on any atom is 0.256 e. The van der Waals surface area contributed by atoms with Crippen LogP contribution in [0.15, 0.2) is 34.3 Å². The maximum absolute atomic E-state index is 12.0. The van der Waals surface area contributed by atoms with E-state index >= 15 is 0 Å². The molecule has 1 unspecified atom stereocenters. The van der Waals surface area contributed by atoms with Gasteiger partial charge in [-0.15, -0.1) is 0 Å². The molecule has 2 amide bonds. The van der Waals surface area contributed by atoms with Crippen molar-refractivity contribution < 1.29 is 9.59 Å². The first-order valence-electron chi connectivity index (χ1n) is 7.50. The molecule has 7 heteroatoms. The second kappa shape index (κ2) is 7.27. The van der Waals surface area contributed by atoms with Gasteiger partial charge in [0.2, 0.25) is 5.91 Å². The fourth-order valence-corrected chi connectivity index (χ4v) is 3.53. The molecule has 1 heterocycles. The second-order valence-corrected chi connectivity index (χ2v) is 6.86. The lowest BCUT2D eigenvalue weighted by Gasteiger charge is -2.24. The monoisotopic (exact) mass is 349 g/mol. The van der Waals surface area contributed by atoms with Gasteiger partial charge in [0.05, 0.1) is 11.7 Å². The van der Waals surface area contributed by atoms with E-state index in [-0.39, 0.29) is 23.5 Å². The van der Waals surface area contributed by atoms with Gasteiger partial charge >= 0.3 is 0 Å². The van der Waals surface area contributed by atoms with Gasteiger partial charge in [-0.05, 0) is 37.5 Å². The molecule has 1 aliphatic heterocycles. The van der Waals surface area contributed by atoms with Crippen molar-refractivity contribution in [1.82, 2.24) is 0 Å². The molecule has 120 valence electrons. The zero-order chi connectivity index (χ0) is 16.2. The van der Waals surface area contributed by atoms with Gasteiger partial charge in [-0.2, -0.15) is 4.99 Å². The Hall–Kier alpha value is -1.66. The average Bonchev–Trinajstić information content (AvgIpc) is 2.53. The number of hydrogen-bond donors (Lipinski definition) is 1. The minimum atomic E-state index is -0.182. The number of amidine groups is 1. The van der Waals surface area contributed by atoms with Crippen molar-refractivity contribution in [2.45, 2.75) is 25.7 Å². The summed E-state index contributed by atoms with van der Waals surface area (Å²) in [5.41, 5.74) is 1.57. The number of amides is 2. The number of carbonyl (C=O) groups is 2. The van der Waals surface area contributed by atoms with E-state index in [2.05, 4.69) is 15.3 Å².